The van der Waals surface area contributed by atoms with E-state index in [0.717, 1.165) is 27.5 Å². The number of aromatic nitrogens is 1. The molecule has 2 aliphatic rings. The van der Waals surface area contributed by atoms with Gasteiger partial charge < -0.3 is 19.9 Å². The van der Waals surface area contributed by atoms with E-state index in [1.165, 1.54) is 44.5 Å². The van der Waals surface area contributed by atoms with Crippen molar-refractivity contribution in [1.82, 2.24) is 9.88 Å². The summed E-state index contributed by atoms with van der Waals surface area (Å²) < 4.78 is 2.34. The predicted octanol–water partition coefficient (Wildman–Crippen LogP) is 8.85. The normalized spacial score (nSPS) is 16.7. The number of rotatable bonds is 4. The van der Waals surface area contributed by atoms with Crippen LogP contribution in [0.2, 0.25) is 0 Å². The van der Waals surface area contributed by atoms with Gasteiger partial charge in [0.05, 0.1) is 17.1 Å². The lowest BCUT2D eigenvalue weighted by atomic mass is 9.79. The topological polar surface area (TPSA) is 69.5 Å². The summed E-state index contributed by atoms with van der Waals surface area (Å²) in [6.07, 6.45) is -0.281. The van der Waals surface area contributed by atoms with Gasteiger partial charge in [0.1, 0.15) is 0 Å². The lowest BCUT2D eigenvalue weighted by Crippen LogP contribution is -2.40. The smallest absolute Gasteiger partial charge is 0.423 e. The van der Waals surface area contributed by atoms with Gasteiger partial charge >= 0.3 is 7.12 Å². The van der Waals surface area contributed by atoms with Gasteiger partial charge in [-0.3, -0.25) is 5.32 Å². The Hall–Kier alpha value is -4.79. The number of nitrogens with zero attached hydrogens (tertiary/aromatic N) is 1. The monoisotopic (exact) mass is 675 g/mol. The van der Waals surface area contributed by atoms with E-state index in [4.69, 9.17) is 0 Å². The van der Waals surface area contributed by atoms with E-state index < -0.39 is 7.12 Å². The molecule has 0 radical (unpaired) electrons. The fraction of sp³-hybridized carbons (Fsp3) is 0.163. The van der Waals surface area contributed by atoms with Crippen LogP contribution in [-0.2, 0) is 5.41 Å². The standard InChI is InChI=1S/C41H34BN3O2.C2H6.H2S/c1-41(2)34-14-8-6-12-29(34)31-24-38-33(23-35(31)41)32-22-28(42(46)47)20-21-37(32)45(38)40-43-36-15-9-7-13-30(36)39(44-40)27-18-16-26(17-19-27)25-10-4-3-5-11-25;1-2;/h3-24,39-40,43-44,46-47H,1-2H3;1-2H3;1H2. The van der Waals surface area contributed by atoms with Gasteiger partial charge in [-0.05, 0) is 74.2 Å². The van der Waals surface area contributed by atoms with Crippen molar-refractivity contribution in [3.05, 3.63) is 156 Å². The van der Waals surface area contributed by atoms with Gasteiger partial charge in [0.25, 0.3) is 0 Å². The van der Waals surface area contributed by atoms with Gasteiger partial charge in [-0.25, -0.2) is 0 Å². The summed E-state index contributed by atoms with van der Waals surface area (Å²) in [7, 11) is -1.55. The first-order chi connectivity index (χ1) is 23.9. The Balaban J connectivity index is 0.00000128. The predicted molar refractivity (Wildman–Crippen MR) is 215 cm³/mol. The van der Waals surface area contributed by atoms with Crippen LogP contribution < -0.4 is 16.1 Å². The van der Waals surface area contributed by atoms with Gasteiger partial charge in [0.15, 0.2) is 6.29 Å². The summed E-state index contributed by atoms with van der Waals surface area (Å²) in [5, 5.41) is 30.2. The van der Waals surface area contributed by atoms with E-state index in [1.807, 2.05) is 38.1 Å². The first-order valence-electron chi connectivity index (χ1n) is 17.2. The van der Waals surface area contributed by atoms with E-state index in [-0.39, 0.29) is 31.2 Å². The molecule has 1 aliphatic carbocycles. The quantitative estimate of drug-likeness (QED) is 0.141. The molecule has 1 aliphatic heterocycles. The van der Waals surface area contributed by atoms with Gasteiger partial charge in [-0.1, -0.05) is 137 Å². The van der Waals surface area contributed by atoms with Crippen molar-refractivity contribution in [3.63, 3.8) is 0 Å². The van der Waals surface area contributed by atoms with Crippen LogP contribution in [-0.4, -0.2) is 21.7 Å². The molecule has 2 atom stereocenters. The highest BCUT2D eigenvalue weighted by Gasteiger charge is 2.37. The lowest BCUT2D eigenvalue weighted by molar-refractivity contribution is 0.417. The highest BCUT2D eigenvalue weighted by atomic mass is 32.1. The molecule has 7 aromatic rings. The highest BCUT2D eigenvalue weighted by molar-refractivity contribution is 7.59. The maximum absolute atomic E-state index is 10.2. The molecule has 5 nitrogen and oxygen atoms in total. The molecule has 0 spiro atoms. The van der Waals surface area contributed by atoms with Crippen LogP contribution in [0.25, 0.3) is 44.1 Å². The first kappa shape index (κ1) is 33.7. The third-order valence-electron chi connectivity index (χ3n) is 10.3. The highest BCUT2D eigenvalue weighted by Crippen LogP contribution is 2.51. The van der Waals surface area contributed by atoms with E-state index >= 15 is 0 Å². The number of para-hydroxylation sites is 1. The molecule has 0 saturated heterocycles. The number of hydrogen-bond donors (Lipinski definition) is 4. The van der Waals surface area contributed by atoms with Crippen molar-refractivity contribution in [1.29, 1.82) is 0 Å². The number of anilines is 1. The van der Waals surface area contributed by atoms with Crippen molar-refractivity contribution in [2.45, 2.75) is 45.4 Å². The number of benzene rings is 6. The summed E-state index contributed by atoms with van der Waals surface area (Å²) in [6.45, 7) is 8.58. The average Bonchev–Trinajstić information content (AvgIpc) is 3.59. The average molecular weight is 676 g/mol. The van der Waals surface area contributed by atoms with Gasteiger partial charge in [-0.15, -0.1) is 0 Å². The molecular formula is C43H42BN3O2S. The number of nitrogens with one attached hydrogen (secondary N) is 2. The summed E-state index contributed by atoms with van der Waals surface area (Å²) in [4.78, 5) is 0. The lowest BCUT2D eigenvalue weighted by Gasteiger charge is -2.36. The molecule has 4 N–H and O–H groups in total. The van der Waals surface area contributed by atoms with Crippen LogP contribution in [0.3, 0.4) is 0 Å². The Kier molecular flexibility index (Phi) is 8.87. The maximum atomic E-state index is 10.2. The van der Waals surface area contributed by atoms with E-state index in [0.29, 0.717) is 5.46 Å². The van der Waals surface area contributed by atoms with E-state index in [2.05, 4.69) is 138 Å². The second kappa shape index (κ2) is 13.2. The van der Waals surface area contributed by atoms with Crippen LogP contribution >= 0.6 is 13.5 Å². The van der Waals surface area contributed by atoms with Crippen molar-refractivity contribution in [3.8, 4) is 22.3 Å². The Morgan fingerprint density at radius 3 is 2.06 bits per heavy atom. The van der Waals surface area contributed by atoms with Crippen LogP contribution in [0.5, 0.6) is 0 Å². The zero-order valence-electron chi connectivity index (χ0n) is 28.8. The molecular weight excluding hydrogens is 633 g/mol. The SMILES string of the molecule is CC.CC1(C)c2ccccc2-c2cc3c(cc21)c1cc(B(O)O)ccc1n3C1Nc2ccccc2C(c2ccc(-c3ccccc3)cc2)N1.S. The van der Waals surface area contributed by atoms with E-state index in [9.17, 15) is 10.0 Å². The molecule has 2 heterocycles. The molecule has 0 bridgehead atoms. The van der Waals surface area contributed by atoms with Crippen LogP contribution in [0.15, 0.2) is 133 Å². The van der Waals surface area contributed by atoms with Gasteiger partial charge in [0, 0.05) is 21.9 Å². The summed E-state index contributed by atoms with van der Waals surface area (Å²) in [5.74, 6) is 0. The van der Waals surface area contributed by atoms with Crippen LogP contribution in [0.4, 0.5) is 5.69 Å². The first-order valence-corrected chi connectivity index (χ1v) is 17.2. The molecule has 0 saturated carbocycles. The van der Waals surface area contributed by atoms with Crippen molar-refractivity contribution < 1.29 is 10.0 Å². The molecule has 7 heteroatoms. The number of fused-ring (bicyclic) bond motifs is 7. The van der Waals surface area contributed by atoms with Gasteiger partial charge in [0.2, 0.25) is 0 Å². The summed E-state index contributed by atoms with van der Waals surface area (Å²) in [6, 6.07) is 46.9. The summed E-state index contributed by atoms with van der Waals surface area (Å²) >= 11 is 0. The molecule has 1 aromatic heterocycles. The van der Waals surface area contributed by atoms with Crippen molar-refractivity contribution in [2.75, 3.05) is 5.32 Å². The summed E-state index contributed by atoms with van der Waals surface area (Å²) in [5.41, 5.74) is 13.4. The fourth-order valence-corrected chi connectivity index (χ4v) is 7.93. The minimum atomic E-state index is -1.55. The Morgan fingerprint density at radius 2 is 1.30 bits per heavy atom. The molecule has 0 fully saturated rings. The van der Waals surface area contributed by atoms with Crippen molar-refractivity contribution >= 4 is 53.6 Å². The maximum Gasteiger partial charge on any atom is 0.488 e. The molecule has 0 amide bonds. The van der Waals surface area contributed by atoms with Gasteiger partial charge in [-0.2, -0.15) is 13.5 Å². The Labute approximate surface area is 301 Å². The molecule has 50 heavy (non-hydrogen) atoms. The number of hydrogen-bond acceptors (Lipinski definition) is 4. The largest absolute Gasteiger partial charge is 0.488 e. The molecule has 250 valence electrons. The van der Waals surface area contributed by atoms with Crippen molar-refractivity contribution in [2.24, 2.45) is 0 Å². The molecule has 9 rings (SSSR count). The van der Waals surface area contributed by atoms with E-state index in [1.54, 1.807) is 0 Å². The third kappa shape index (κ3) is 5.33. The third-order valence-corrected chi connectivity index (χ3v) is 10.3. The molecule has 2 unspecified atom stereocenters. The zero-order valence-corrected chi connectivity index (χ0v) is 29.8. The molecule has 6 aromatic carbocycles. The Bertz CT molecular complexity index is 2330. The zero-order chi connectivity index (χ0) is 33.9. The fourth-order valence-electron chi connectivity index (χ4n) is 7.93. The van der Waals surface area contributed by atoms with Crippen LogP contribution in [0.1, 0.15) is 62.3 Å². The minimum absolute atomic E-state index is 0. The van der Waals surface area contributed by atoms with Crippen LogP contribution in [0, 0.1) is 0 Å². The second-order valence-electron chi connectivity index (χ2n) is 13.3. The Morgan fingerprint density at radius 1 is 0.640 bits per heavy atom. The minimum Gasteiger partial charge on any atom is -0.423 e. The second-order valence-corrected chi connectivity index (χ2v) is 13.3.